The van der Waals surface area contributed by atoms with Gasteiger partial charge < -0.3 is 10.5 Å². The minimum atomic E-state index is -0.159. The molecule has 1 heterocycles. The minimum Gasteiger partial charge on any atom is -0.676 e. The van der Waals surface area contributed by atoms with Crippen molar-refractivity contribution in [2.24, 2.45) is 0 Å². The first kappa shape index (κ1) is 14.7. The van der Waals surface area contributed by atoms with Crippen LogP contribution in [0.15, 0.2) is 0 Å². The maximum atomic E-state index is 11.2. The first-order valence-corrected chi connectivity index (χ1v) is 4.22. The van der Waals surface area contributed by atoms with E-state index < -0.39 is 0 Å². The summed E-state index contributed by atoms with van der Waals surface area (Å²) >= 11 is 0. The third kappa shape index (κ3) is 3.33. The summed E-state index contributed by atoms with van der Waals surface area (Å²) in [6.07, 6.45) is 0. The molecule has 0 spiro atoms. The fraction of sp³-hybridized carbons (Fsp3) is 0.400. The van der Waals surface area contributed by atoms with Crippen molar-refractivity contribution in [2.45, 2.75) is 20.4 Å². The van der Waals surface area contributed by atoms with E-state index in [1.165, 1.54) is 14.0 Å². The number of nitrogens with zero attached hydrogens (tertiary/aromatic N) is 1. The van der Waals surface area contributed by atoms with Crippen LogP contribution in [0, 0.1) is 13.0 Å². The van der Waals surface area contributed by atoms with Gasteiger partial charge in [0.1, 0.15) is 0 Å². The van der Waals surface area contributed by atoms with E-state index in [9.17, 15) is 4.79 Å². The molecule has 0 unspecified atom stereocenters. The molecule has 0 saturated carbocycles. The average Bonchev–Trinajstić information content (AvgIpc) is 2.16. The van der Waals surface area contributed by atoms with Crippen molar-refractivity contribution < 1.29 is 42.2 Å². The van der Waals surface area contributed by atoms with E-state index in [1.807, 2.05) is 0 Å². The SMILES string of the molecule is COc1c(C[NH-])[c-]c(C)nc1C(C)=O.[Y]. The number of Topliss-reactive ketones (excluding diaryl/α,β-unsaturated/α-hetero) is 1. The van der Waals surface area contributed by atoms with Gasteiger partial charge in [-0.15, -0.1) is 0 Å². The van der Waals surface area contributed by atoms with E-state index in [0.717, 1.165) is 0 Å². The molecule has 0 aliphatic heterocycles. The van der Waals surface area contributed by atoms with E-state index >= 15 is 0 Å². The van der Waals surface area contributed by atoms with Gasteiger partial charge >= 0.3 is 0 Å². The number of aryl methyl sites for hydroxylation is 1. The molecule has 0 bridgehead atoms. The second-order valence-electron chi connectivity index (χ2n) is 2.92. The van der Waals surface area contributed by atoms with Gasteiger partial charge in [-0.3, -0.25) is 9.78 Å². The van der Waals surface area contributed by atoms with Crippen LogP contribution in [0.25, 0.3) is 5.73 Å². The molecule has 0 aromatic carbocycles. The summed E-state index contributed by atoms with van der Waals surface area (Å²) < 4.78 is 5.05. The van der Waals surface area contributed by atoms with E-state index in [4.69, 9.17) is 10.5 Å². The van der Waals surface area contributed by atoms with Crippen LogP contribution >= 0.6 is 0 Å². The molecule has 1 rings (SSSR count). The molecule has 0 atom stereocenters. The number of methoxy groups -OCH3 is 1. The molecule has 15 heavy (non-hydrogen) atoms. The fourth-order valence-electron chi connectivity index (χ4n) is 1.25. The van der Waals surface area contributed by atoms with Gasteiger partial charge in [0, 0.05) is 32.7 Å². The van der Waals surface area contributed by atoms with Crippen molar-refractivity contribution in [1.82, 2.24) is 4.98 Å². The van der Waals surface area contributed by atoms with Gasteiger partial charge in [-0.25, -0.2) is 6.07 Å². The summed E-state index contributed by atoms with van der Waals surface area (Å²) in [5.41, 5.74) is 8.74. The molecule has 79 valence electrons. The first-order valence-electron chi connectivity index (χ1n) is 4.22. The number of nitrogens with one attached hydrogen (secondary N) is 1. The van der Waals surface area contributed by atoms with Crippen LogP contribution < -0.4 is 4.74 Å². The summed E-state index contributed by atoms with van der Waals surface area (Å²) in [6, 6.07) is 2.90. The van der Waals surface area contributed by atoms with Gasteiger partial charge in [-0.2, -0.15) is 12.1 Å². The molecule has 0 amide bonds. The Labute approximate surface area is 114 Å². The molecule has 1 N–H and O–H groups in total. The molecule has 1 aromatic rings. The number of carbonyl (C=O) groups excluding carboxylic acids is 1. The van der Waals surface area contributed by atoms with Crippen LogP contribution in [-0.2, 0) is 39.3 Å². The first-order chi connectivity index (χ1) is 6.60. The predicted molar refractivity (Wildman–Crippen MR) is 52.4 cm³/mol. The molecule has 0 fully saturated rings. The largest absolute Gasteiger partial charge is 0.676 e. The third-order valence-corrected chi connectivity index (χ3v) is 1.81. The van der Waals surface area contributed by atoms with E-state index in [0.29, 0.717) is 17.0 Å². The van der Waals surface area contributed by atoms with Crippen molar-refractivity contribution in [2.75, 3.05) is 7.11 Å². The summed E-state index contributed by atoms with van der Waals surface area (Å²) in [4.78, 5) is 15.3. The second-order valence-corrected chi connectivity index (χ2v) is 2.92. The molecule has 1 aromatic heterocycles. The maximum Gasteiger partial charge on any atom is 0.163 e. The second kappa shape index (κ2) is 6.31. The summed E-state index contributed by atoms with van der Waals surface area (Å²) in [7, 11) is 1.46. The van der Waals surface area contributed by atoms with Gasteiger partial charge in [0.2, 0.25) is 0 Å². The number of hydrogen-bond acceptors (Lipinski definition) is 3. The van der Waals surface area contributed by atoms with E-state index in [-0.39, 0.29) is 50.7 Å². The summed E-state index contributed by atoms with van der Waals surface area (Å²) in [6.45, 7) is 3.20. The standard InChI is InChI=1S/C10H12N2O2.Y/c1-6-4-8(5-11)10(14-3)9(12-6)7(2)13;/h11H,5H2,1-3H3;/q-2;. The van der Waals surface area contributed by atoms with E-state index in [2.05, 4.69) is 11.1 Å². The van der Waals surface area contributed by atoms with Crippen LogP contribution in [0.2, 0.25) is 0 Å². The zero-order valence-corrected chi connectivity index (χ0v) is 11.9. The molecule has 0 aliphatic carbocycles. The van der Waals surface area contributed by atoms with Crippen LogP contribution in [0.5, 0.6) is 5.75 Å². The van der Waals surface area contributed by atoms with Crippen LogP contribution in [0.4, 0.5) is 0 Å². The normalized spacial score (nSPS) is 9.33. The smallest absolute Gasteiger partial charge is 0.163 e. The number of ether oxygens (including phenoxy) is 1. The number of ketones is 1. The molecular formula is C10H12N2O2Y-2. The number of pyridine rings is 1. The quantitative estimate of drug-likeness (QED) is 0.628. The zero-order valence-electron chi connectivity index (χ0n) is 9.05. The van der Waals surface area contributed by atoms with Crippen LogP contribution in [0.1, 0.15) is 28.7 Å². The average molecular weight is 281 g/mol. The fourth-order valence-corrected chi connectivity index (χ4v) is 1.25. The van der Waals surface area contributed by atoms with Crippen LogP contribution in [0.3, 0.4) is 0 Å². The Bertz CT molecular complexity index is 367. The van der Waals surface area contributed by atoms with Gasteiger partial charge in [-0.05, 0) is 19.6 Å². The Kier molecular flexibility index (Phi) is 6.17. The molecular weight excluding hydrogens is 269 g/mol. The maximum absolute atomic E-state index is 11.2. The molecule has 0 saturated heterocycles. The monoisotopic (exact) mass is 281 g/mol. The Hall–Kier alpha value is -0.316. The number of aromatic nitrogens is 1. The van der Waals surface area contributed by atoms with Crippen LogP contribution in [-0.4, -0.2) is 17.9 Å². The Morgan fingerprint density at radius 1 is 1.60 bits per heavy atom. The van der Waals surface area contributed by atoms with Crippen molar-refractivity contribution in [3.63, 3.8) is 0 Å². The van der Waals surface area contributed by atoms with Gasteiger partial charge in [-0.1, -0.05) is 5.69 Å². The number of hydrogen-bond donors (Lipinski definition) is 0. The van der Waals surface area contributed by atoms with Gasteiger partial charge in [0.25, 0.3) is 0 Å². The minimum absolute atomic E-state index is 0. The molecule has 4 nitrogen and oxygen atoms in total. The van der Waals surface area contributed by atoms with Crippen molar-refractivity contribution in [3.05, 3.63) is 28.8 Å². The third-order valence-electron chi connectivity index (χ3n) is 1.81. The van der Waals surface area contributed by atoms with Gasteiger partial charge in [0.15, 0.2) is 5.78 Å². The zero-order chi connectivity index (χ0) is 10.7. The Morgan fingerprint density at radius 2 is 2.20 bits per heavy atom. The molecule has 5 heteroatoms. The molecule has 0 aliphatic rings. The van der Waals surface area contributed by atoms with Crippen molar-refractivity contribution in [1.29, 1.82) is 0 Å². The Balaban J connectivity index is 0.00000196. The van der Waals surface area contributed by atoms with Gasteiger partial charge in [0.05, 0.1) is 12.8 Å². The van der Waals surface area contributed by atoms with Crippen molar-refractivity contribution in [3.8, 4) is 5.75 Å². The van der Waals surface area contributed by atoms with Crippen molar-refractivity contribution >= 4 is 5.78 Å². The molecule has 1 radical (unpaired) electrons. The summed E-state index contributed by atoms with van der Waals surface area (Å²) in [5.74, 6) is 0.215. The topological polar surface area (TPSA) is 63.0 Å². The summed E-state index contributed by atoms with van der Waals surface area (Å²) in [5, 5.41) is 0. The number of rotatable bonds is 3. The number of carbonyl (C=O) groups is 1. The Morgan fingerprint density at radius 3 is 2.60 bits per heavy atom. The predicted octanol–water partition coefficient (Wildman–Crippen LogP) is 1.95. The van der Waals surface area contributed by atoms with E-state index in [1.54, 1.807) is 6.92 Å².